The fourth-order valence-corrected chi connectivity index (χ4v) is 3.66. The number of quaternary nitrogens is 1. The monoisotopic (exact) mass is 398 g/mol. The number of hydrogen-bond acceptors (Lipinski definition) is 2. The molecule has 3 heteroatoms. The summed E-state index contributed by atoms with van der Waals surface area (Å²) < 4.78 is 6.84. The second-order valence-corrected chi connectivity index (χ2v) is 10.9. The lowest BCUT2D eigenvalue weighted by atomic mass is 9.80. The Bertz CT molecular complexity index is 783. The van der Waals surface area contributed by atoms with Gasteiger partial charge in [-0.05, 0) is 28.0 Å². The first-order valence-electron chi connectivity index (χ1n) is 10.6. The van der Waals surface area contributed by atoms with E-state index in [1.165, 1.54) is 16.7 Å². The Kier molecular flexibility index (Phi) is 7.19. The molecule has 0 heterocycles. The molecule has 0 bridgehead atoms. The van der Waals surface area contributed by atoms with Crippen molar-refractivity contribution >= 4 is 0 Å². The fraction of sp³-hybridized carbons (Fsp3) is 0.538. The van der Waals surface area contributed by atoms with Crippen molar-refractivity contribution in [3.8, 4) is 5.75 Å². The van der Waals surface area contributed by atoms with Gasteiger partial charge in [0.1, 0.15) is 31.5 Å². The van der Waals surface area contributed by atoms with Gasteiger partial charge in [0.15, 0.2) is 0 Å². The molecule has 0 unspecified atom stereocenters. The third-order valence-electron chi connectivity index (χ3n) is 5.24. The van der Waals surface area contributed by atoms with Crippen LogP contribution in [0.1, 0.15) is 58.2 Å². The molecular formula is C26H40NO2+. The lowest BCUT2D eigenvalue weighted by Gasteiger charge is -2.32. The maximum absolute atomic E-state index is 10.7. The molecule has 0 fully saturated rings. The summed E-state index contributed by atoms with van der Waals surface area (Å²) in [6.45, 7) is 15.1. The van der Waals surface area contributed by atoms with Gasteiger partial charge in [0.25, 0.3) is 0 Å². The van der Waals surface area contributed by atoms with Crippen LogP contribution in [0, 0.1) is 0 Å². The second kappa shape index (κ2) is 8.89. The summed E-state index contributed by atoms with van der Waals surface area (Å²) in [6, 6.07) is 16.9. The van der Waals surface area contributed by atoms with Crippen molar-refractivity contribution in [1.29, 1.82) is 0 Å². The Hall–Kier alpha value is -1.84. The minimum absolute atomic E-state index is 0.0236. The zero-order valence-corrected chi connectivity index (χ0v) is 19.6. The summed E-state index contributed by atoms with van der Waals surface area (Å²) in [7, 11) is 4.30. The van der Waals surface area contributed by atoms with Gasteiger partial charge in [-0.15, -0.1) is 0 Å². The van der Waals surface area contributed by atoms with Gasteiger partial charge >= 0.3 is 0 Å². The Morgan fingerprint density at radius 3 is 2.07 bits per heavy atom. The van der Waals surface area contributed by atoms with Gasteiger partial charge in [-0.1, -0.05) is 84.0 Å². The van der Waals surface area contributed by atoms with Crippen LogP contribution in [0.15, 0.2) is 48.5 Å². The molecule has 0 aliphatic carbocycles. The highest BCUT2D eigenvalue weighted by Gasteiger charge is 2.25. The molecule has 2 rings (SSSR count). The highest BCUT2D eigenvalue weighted by molar-refractivity contribution is 5.43. The van der Waals surface area contributed by atoms with Crippen molar-refractivity contribution in [2.75, 3.05) is 27.2 Å². The number of ether oxygens (including phenoxy) is 1. The van der Waals surface area contributed by atoms with Gasteiger partial charge in [-0.25, -0.2) is 0 Å². The van der Waals surface area contributed by atoms with Crippen molar-refractivity contribution in [1.82, 2.24) is 0 Å². The van der Waals surface area contributed by atoms with Crippen LogP contribution in [0.5, 0.6) is 5.75 Å². The molecule has 0 amide bonds. The van der Waals surface area contributed by atoms with Gasteiger partial charge in [0.2, 0.25) is 0 Å². The van der Waals surface area contributed by atoms with Crippen molar-refractivity contribution in [2.45, 2.75) is 65.0 Å². The number of benzene rings is 2. The van der Waals surface area contributed by atoms with Gasteiger partial charge < -0.3 is 14.3 Å². The Labute approximate surface area is 177 Å². The molecule has 3 nitrogen and oxygen atoms in total. The maximum Gasteiger partial charge on any atom is 0.137 e. The first-order chi connectivity index (χ1) is 13.3. The first kappa shape index (κ1) is 23.4. The average molecular weight is 399 g/mol. The molecule has 0 spiro atoms. The van der Waals surface area contributed by atoms with Crippen molar-refractivity contribution < 1.29 is 14.3 Å². The molecule has 1 atom stereocenters. The van der Waals surface area contributed by atoms with E-state index in [2.05, 4.69) is 98.1 Å². The van der Waals surface area contributed by atoms with Crippen LogP contribution in [0.2, 0.25) is 0 Å². The van der Waals surface area contributed by atoms with Crippen LogP contribution >= 0.6 is 0 Å². The summed E-state index contributed by atoms with van der Waals surface area (Å²) in [5.74, 6) is 0.873. The lowest BCUT2D eigenvalue weighted by molar-refractivity contribution is -0.906. The Morgan fingerprint density at radius 1 is 0.897 bits per heavy atom. The SMILES string of the molecule is CC(C)(C)c1ccc(OC[C@H](O)C[N+](C)(C)Cc2ccccc2)c(C(C)(C)C)c1. The summed E-state index contributed by atoms with van der Waals surface area (Å²) in [4.78, 5) is 0. The maximum atomic E-state index is 10.7. The molecule has 29 heavy (non-hydrogen) atoms. The number of aliphatic hydroxyl groups excluding tert-OH is 1. The van der Waals surface area contributed by atoms with E-state index in [0.717, 1.165) is 12.3 Å². The molecular weight excluding hydrogens is 358 g/mol. The third kappa shape index (κ3) is 7.17. The zero-order chi connectivity index (χ0) is 21.9. The van der Waals surface area contributed by atoms with E-state index in [1.54, 1.807) is 0 Å². The second-order valence-electron chi connectivity index (χ2n) is 10.9. The smallest absolute Gasteiger partial charge is 0.137 e. The van der Waals surface area contributed by atoms with Gasteiger partial charge in [-0.3, -0.25) is 0 Å². The largest absolute Gasteiger partial charge is 0.490 e. The Balaban J connectivity index is 2.06. The number of rotatable bonds is 7. The minimum atomic E-state index is -0.524. The molecule has 0 saturated carbocycles. The molecule has 2 aromatic rings. The first-order valence-corrected chi connectivity index (χ1v) is 10.6. The number of likely N-dealkylation sites (N-methyl/N-ethyl adjacent to an activating group) is 1. The summed E-state index contributed by atoms with van der Waals surface area (Å²) in [5, 5.41) is 10.7. The number of hydrogen-bond donors (Lipinski definition) is 1. The van der Waals surface area contributed by atoms with Crippen molar-refractivity contribution in [3.63, 3.8) is 0 Å². The standard InChI is InChI=1S/C26H40NO2/c1-25(2,3)21-14-15-24(23(16-21)26(4,5)6)29-19-22(28)18-27(7,8)17-20-12-10-9-11-13-20/h9-16,22,28H,17-19H2,1-8H3/q+1/t22-/m1/s1. The predicted molar refractivity (Wildman–Crippen MR) is 122 cm³/mol. The van der Waals surface area contributed by atoms with Crippen LogP contribution < -0.4 is 4.74 Å². The van der Waals surface area contributed by atoms with Crippen LogP contribution in [0.3, 0.4) is 0 Å². The van der Waals surface area contributed by atoms with E-state index in [1.807, 2.05) is 6.07 Å². The average Bonchev–Trinajstić information content (AvgIpc) is 2.58. The third-order valence-corrected chi connectivity index (χ3v) is 5.24. The van der Waals surface area contributed by atoms with Crippen molar-refractivity contribution in [3.05, 3.63) is 65.2 Å². The fourth-order valence-electron chi connectivity index (χ4n) is 3.66. The van der Waals surface area contributed by atoms with E-state index in [0.29, 0.717) is 17.6 Å². The quantitative estimate of drug-likeness (QED) is 0.642. The van der Waals surface area contributed by atoms with Crippen LogP contribution in [-0.2, 0) is 17.4 Å². The molecule has 0 aliphatic rings. The van der Waals surface area contributed by atoms with Gasteiger partial charge in [-0.2, -0.15) is 0 Å². The molecule has 0 aromatic heterocycles. The van der Waals surface area contributed by atoms with Crippen molar-refractivity contribution in [2.24, 2.45) is 0 Å². The highest BCUT2D eigenvalue weighted by atomic mass is 16.5. The number of aliphatic hydroxyl groups is 1. The molecule has 160 valence electrons. The summed E-state index contributed by atoms with van der Waals surface area (Å²) in [5.41, 5.74) is 3.84. The lowest BCUT2D eigenvalue weighted by Crippen LogP contribution is -2.46. The van der Waals surface area contributed by atoms with E-state index >= 15 is 0 Å². The number of nitrogens with zero attached hydrogens (tertiary/aromatic N) is 1. The predicted octanol–water partition coefficient (Wildman–Crippen LogP) is 5.30. The molecule has 0 radical (unpaired) electrons. The zero-order valence-electron chi connectivity index (χ0n) is 19.6. The molecule has 2 aromatic carbocycles. The minimum Gasteiger partial charge on any atom is -0.490 e. The molecule has 0 aliphatic heterocycles. The normalized spacial score (nSPS) is 14.0. The summed E-state index contributed by atoms with van der Waals surface area (Å²) in [6.07, 6.45) is -0.524. The van der Waals surface area contributed by atoms with Gasteiger partial charge in [0.05, 0.1) is 14.1 Å². The van der Waals surface area contributed by atoms with E-state index in [4.69, 9.17) is 4.74 Å². The van der Waals surface area contributed by atoms with E-state index in [-0.39, 0.29) is 10.8 Å². The Morgan fingerprint density at radius 2 is 1.52 bits per heavy atom. The summed E-state index contributed by atoms with van der Waals surface area (Å²) >= 11 is 0. The van der Waals surface area contributed by atoms with E-state index < -0.39 is 6.10 Å². The topological polar surface area (TPSA) is 29.5 Å². The molecule has 1 N–H and O–H groups in total. The van der Waals surface area contributed by atoms with Crippen LogP contribution in [0.4, 0.5) is 0 Å². The van der Waals surface area contributed by atoms with Gasteiger partial charge in [0, 0.05) is 5.56 Å². The molecule has 0 saturated heterocycles. The van der Waals surface area contributed by atoms with E-state index in [9.17, 15) is 5.11 Å². The van der Waals surface area contributed by atoms with Crippen LogP contribution in [0.25, 0.3) is 0 Å². The highest BCUT2D eigenvalue weighted by Crippen LogP contribution is 2.35. The van der Waals surface area contributed by atoms with Crippen LogP contribution in [-0.4, -0.2) is 42.9 Å².